The summed E-state index contributed by atoms with van der Waals surface area (Å²) >= 11 is -0.472. The van der Waals surface area contributed by atoms with Gasteiger partial charge in [-0.3, -0.25) is 0 Å². The van der Waals surface area contributed by atoms with Crippen molar-refractivity contribution in [2.45, 2.75) is 0 Å². The molecule has 0 aromatic heterocycles. The first-order valence-corrected chi connectivity index (χ1v) is 8.17. The van der Waals surface area contributed by atoms with Crippen molar-refractivity contribution in [1.29, 1.82) is 0 Å². The second kappa shape index (κ2) is 7.30. The van der Waals surface area contributed by atoms with Gasteiger partial charge in [0.05, 0.1) is 0 Å². The maximum atomic E-state index is 6.73. The zero-order chi connectivity index (χ0) is 7.11. The molecule has 1 aliphatic heterocycles. The number of nitrogens with one attached hydrogen (secondary N) is 1. The van der Waals surface area contributed by atoms with E-state index in [0.717, 1.165) is 6.54 Å². The fraction of sp³-hybridized carbons (Fsp3) is 1.00. The van der Waals surface area contributed by atoms with Crippen molar-refractivity contribution in [3.05, 3.63) is 5.73 Å². The molecule has 1 N–H and O–H groups in total. The minimum atomic E-state index is -0.472. The SMILES string of the molecule is [Cl][Pt+2][Cl].[NH-]CCN1CC1. The van der Waals surface area contributed by atoms with Gasteiger partial charge in [0.25, 0.3) is 0 Å². The first-order chi connectivity index (χ1) is 4.35. The topological polar surface area (TPSA) is 26.8 Å². The molecule has 1 saturated heterocycles. The summed E-state index contributed by atoms with van der Waals surface area (Å²) < 4.78 is 0. The van der Waals surface area contributed by atoms with Crippen LogP contribution in [0.1, 0.15) is 0 Å². The van der Waals surface area contributed by atoms with Crippen LogP contribution in [0.25, 0.3) is 5.73 Å². The summed E-state index contributed by atoms with van der Waals surface area (Å²) in [7, 11) is 9.75. The summed E-state index contributed by atoms with van der Waals surface area (Å²) in [6, 6.07) is 0. The fourth-order valence-corrected chi connectivity index (χ4v) is 0.452. The van der Waals surface area contributed by atoms with Gasteiger partial charge in [0.15, 0.2) is 0 Å². The standard InChI is InChI=1S/C4H9N2.2ClH.Pt/c5-1-2-6-3-4-6;;;/h5H,1-4H2;2*1H;/q-1;;;+4/p-2. The quantitative estimate of drug-likeness (QED) is 0.697. The number of rotatable bonds is 2. The van der Waals surface area contributed by atoms with Crippen LogP contribution >= 0.6 is 18.8 Å². The smallest absolute Gasteiger partial charge is 0.0109 e. The van der Waals surface area contributed by atoms with Crippen molar-refractivity contribution in [3.63, 3.8) is 0 Å². The van der Waals surface area contributed by atoms with Crippen LogP contribution in [-0.4, -0.2) is 31.1 Å². The van der Waals surface area contributed by atoms with Crippen LogP contribution in [0, 0.1) is 0 Å². The molecule has 0 aliphatic carbocycles. The minimum Gasteiger partial charge on any atom is -0.676 e. The largest absolute Gasteiger partial charge is 0.676 e. The Morgan fingerprint density at radius 1 is 1.44 bits per heavy atom. The zero-order valence-corrected chi connectivity index (χ0v) is 8.63. The van der Waals surface area contributed by atoms with Gasteiger partial charge in [0.2, 0.25) is 0 Å². The molecule has 5 heteroatoms. The molecule has 1 fully saturated rings. The molecule has 1 heterocycles. The normalized spacial score (nSPS) is 16.8. The molecule has 1 rings (SSSR count). The Bertz CT molecular complexity index is 60.5. The van der Waals surface area contributed by atoms with Crippen molar-refractivity contribution in [1.82, 2.24) is 4.90 Å². The van der Waals surface area contributed by atoms with E-state index in [-0.39, 0.29) is 0 Å². The van der Waals surface area contributed by atoms with E-state index in [1.165, 1.54) is 13.1 Å². The third kappa shape index (κ3) is 9.19. The van der Waals surface area contributed by atoms with Crippen LogP contribution in [0.5, 0.6) is 0 Å². The Labute approximate surface area is 72.1 Å². The number of halogens is 2. The summed E-state index contributed by atoms with van der Waals surface area (Å²) in [4.78, 5) is 2.24. The second-order valence-electron chi connectivity index (χ2n) is 1.64. The third-order valence-electron chi connectivity index (χ3n) is 0.968. The number of hydrogen-bond acceptors (Lipinski definition) is 1. The first kappa shape index (κ1) is 10.2. The summed E-state index contributed by atoms with van der Waals surface area (Å²) in [6.07, 6.45) is 0. The van der Waals surface area contributed by atoms with Gasteiger partial charge in [-0.2, -0.15) is 0 Å². The van der Waals surface area contributed by atoms with Gasteiger partial charge in [-0.15, -0.1) is 6.54 Å². The Morgan fingerprint density at radius 3 is 2.00 bits per heavy atom. The van der Waals surface area contributed by atoms with Gasteiger partial charge in [-0.1, -0.05) is 0 Å². The first-order valence-electron chi connectivity index (χ1n) is 2.54. The van der Waals surface area contributed by atoms with Gasteiger partial charge >= 0.3 is 35.3 Å². The Balaban J connectivity index is 0.000000187. The molecule has 9 heavy (non-hydrogen) atoms. The summed E-state index contributed by atoms with van der Waals surface area (Å²) in [5, 5.41) is 0. The summed E-state index contributed by atoms with van der Waals surface area (Å²) in [6.45, 7) is 4.03. The maximum Gasteiger partial charge on any atom is 0.0109 e. The fourth-order valence-electron chi connectivity index (χ4n) is 0.452. The van der Waals surface area contributed by atoms with Crippen molar-refractivity contribution in [2.75, 3.05) is 26.2 Å². The monoisotopic (exact) mass is 350 g/mol. The molecule has 0 aromatic carbocycles. The van der Waals surface area contributed by atoms with Crippen LogP contribution in [0.2, 0.25) is 0 Å². The molecule has 0 aromatic rings. The molecule has 0 amide bonds. The van der Waals surface area contributed by atoms with E-state index in [4.69, 9.17) is 24.6 Å². The van der Waals surface area contributed by atoms with Gasteiger partial charge < -0.3 is 10.6 Å². The van der Waals surface area contributed by atoms with Gasteiger partial charge in [0.1, 0.15) is 0 Å². The predicted molar refractivity (Wildman–Crippen MR) is 37.3 cm³/mol. The molecule has 0 atom stereocenters. The molecule has 0 radical (unpaired) electrons. The average Bonchev–Trinajstić information content (AvgIpc) is 2.53. The van der Waals surface area contributed by atoms with Crippen LogP contribution in [0.4, 0.5) is 0 Å². The van der Waals surface area contributed by atoms with Crippen LogP contribution in [-0.2, 0) is 16.5 Å². The molecule has 1 aliphatic rings. The molecule has 58 valence electrons. The van der Waals surface area contributed by atoms with E-state index in [1.54, 1.807) is 0 Å². The third-order valence-corrected chi connectivity index (χ3v) is 0.968. The Hall–Kier alpha value is 1.19. The van der Waals surface area contributed by atoms with Crippen LogP contribution < -0.4 is 0 Å². The van der Waals surface area contributed by atoms with Gasteiger partial charge in [0, 0.05) is 13.1 Å². The molecule has 0 unspecified atom stereocenters. The Kier molecular flexibility index (Phi) is 8.26. The van der Waals surface area contributed by atoms with Crippen molar-refractivity contribution in [3.8, 4) is 0 Å². The van der Waals surface area contributed by atoms with E-state index in [9.17, 15) is 0 Å². The van der Waals surface area contributed by atoms with Crippen LogP contribution in [0.15, 0.2) is 0 Å². The van der Waals surface area contributed by atoms with Crippen molar-refractivity contribution in [2.24, 2.45) is 0 Å². The van der Waals surface area contributed by atoms with Crippen LogP contribution in [0.3, 0.4) is 0 Å². The average molecular weight is 351 g/mol. The number of nitrogens with zero attached hydrogens (tertiary/aromatic N) is 1. The number of hydrogen-bond donors (Lipinski definition) is 0. The summed E-state index contributed by atoms with van der Waals surface area (Å²) in [5.74, 6) is 0. The van der Waals surface area contributed by atoms with E-state index < -0.39 is 16.5 Å². The van der Waals surface area contributed by atoms with E-state index in [2.05, 4.69) is 4.90 Å². The predicted octanol–water partition coefficient (Wildman–Crippen LogP) is 1.73. The van der Waals surface area contributed by atoms with E-state index >= 15 is 0 Å². The minimum absolute atomic E-state index is 0.472. The van der Waals surface area contributed by atoms with E-state index in [0.29, 0.717) is 6.54 Å². The summed E-state index contributed by atoms with van der Waals surface area (Å²) in [5.41, 5.74) is 6.73. The van der Waals surface area contributed by atoms with Gasteiger partial charge in [-0.25, -0.2) is 0 Å². The maximum absolute atomic E-state index is 6.73. The molecule has 0 spiro atoms. The second-order valence-corrected chi connectivity index (χ2v) is 4.92. The molecular weight excluding hydrogens is 342 g/mol. The Morgan fingerprint density at radius 2 is 1.89 bits per heavy atom. The zero-order valence-electron chi connectivity index (χ0n) is 4.85. The van der Waals surface area contributed by atoms with E-state index in [1.807, 2.05) is 0 Å². The molecule has 0 saturated carbocycles. The van der Waals surface area contributed by atoms with Gasteiger partial charge in [-0.05, 0) is 6.54 Å². The molecule has 2 nitrogen and oxygen atoms in total. The molecule has 0 bridgehead atoms. The molecular formula is C4H9Cl2N2Pt+. The van der Waals surface area contributed by atoms with Crippen molar-refractivity contribution >= 4 is 18.8 Å². The van der Waals surface area contributed by atoms with Crippen molar-refractivity contribution < 1.29 is 16.5 Å².